The Morgan fingerprint density at radius 3 is 3.07 bits per heavy atom. The zero-order chi connectivity index (χ0) is 10.9. The minimum Gasteiger partial charge on any atom is -0.493 e. The van der Waals surface area contributed by atoms with E-state index >= 15 is 0 Å². The van der Waals surface area contributed by atoms with Crippen molar-refractivity contribution in [3.8, 4) is 5.75 Å². The maximum Gasteiger partial charge on any atom is 0.123 e. The SMILES string of the molecule is CC1(CN)CCCOc2ccc(Cl)cc21. The van der Waals surface area contributed by atoms with Crippen molar-refractivity contribution in [2.24, 2.45) is 5.73 Å². The van der Waals surface area contributed by atoms with Crippen LogP contribution in [0.4, 0.5) is 0 Å². The normalized spacial score (nSPS) is 25.3. The van der Waals surface area contributed by atoms with E-state index in [9.17, 15) is 0 Å². The largest absolute Gasteiger partial charge is 0.493 e. The van der Waals surface area contributed by atoms with Gasteiger partial charge in [-0.1, -0.05) is 18.5 Å². The molecule has 1 atom stereocenters. The number of hydrogen-bond acceptors (Lipinski definition) is 2. The summed E-state index contributed by atoms with van der Waals surface area (Å²) < 4.78 is 5.69. The van der Waals surface area contributed by atoms with E-state index < -0.39 is 0 Å². The van der Waals surface area contributed by atoms with Gasteiger partial charge in [0.25, 0.3) is 0 Å². The Bertz CT molecular complexity index is 367. The van der Waals surface area contributed by atoms with Gasteiger partial charge in [-0.15, -0.1) is 0 Å². The van der Waals surface area contributed by atoms with Gasteiger partial charge in [0, 0.05) is 22.5 Å². The lowest BCUT2D eigenvalue weighted by Gasteiger charge is -2.27. The number of rotatable bonds is 1. The molecule has 1 aliphatic rings. The first kappa shape index (κ1) is 10.8. The number of hydrogen-bond donors (Lipinski definition) is 1. The lowest BCUT2D eigenvalue weighted by molar-refractivity contribution is 0.313. The molecule has 2 rings (SSSR count). The van der Waals surface area contributed by atoms with E-state index in [1.807, 2.05) is 18.2 Å². The second-order valence-electron chi connectivity index (χ2n) is 4.36. The van der Waals surface area contributed by atoms with Crippen molar-refractivity contribution in [1.82, 2.24) is 0 Å². The molecule has 0 saturated carbocycles. The fourth-order valence-corrected chi connectivity index (χ4v) is 2.26. The minimum absolute atomic E-state index is 0.00324. The summed E-state index contributed by atoms with van der Waals surface area (Å²) in [5.41, 5.74) is 7.02. The lowest BCUT2D eigenvalue weighted by atomic mass is 9.79. The summed E-state index contributed by atoms with van der Waals surface area (Å²) in [7, 11) is 0. The van der Waals surface area contributed by atoms with Crippen LogP contribution in [0.3, 0.4) is 0 Å². The fraction of sp³-hybridized carbons (Fsp3) is 0.500. The molecule has 0 saturated heterocycles. The van der Waals surface area contributed by atoms with Gasteiger partial charge < -0.3 is 10.5 Å². The summed E-state index contributed by atoms with van der Waals surface area (Å²) in [6, 6.07) is 5.79. The molecule has 1 aromatic rings. The van der Waals surface area contributed by atoms with Gasteiger partial charge in [-0.3, -0.25) is 0 Å². The van der Waals surface area contributed by atoms with Crippen molar-refractivity contribution in [3.63, 3.8) is 0 Å². The molecule has 0 aromatic heterocycles. The summed E-state index contributed by atoms with van der Waals surface area (Å²) in [5.74, 6) is 0.935. The maximum atomic E-state index is 6.02. The highest BCUT2D eigenvalue weighted by atomic mass is 35.5. The highest BCUT2D eigenvalue weighted by Crippen LogP contribution is 2.38. The van der Waals surface area contributed by atoms with Crippen molar-refractivity contribution in [3.05, 3.63) is 28.8 Å². The van der Waals surface area contributed by atoms with Crippen LogP contribution in [0.25, 0.3) is 0 Å². The standard InChI is InChI=1S/C12H16ClNO/c1-12(8-14)5-2-6-15-11-4-3-9(13)7-10(11)12/h3-4,7H,2,5-6,8,14H2,1H3. The van der Waals surface area contributed by atoms with Gasteiger partial charge in [0.05, 0.1) is 6.61 Å². The second kappa shape index (κ2) is 4.03. The van der Waals surface area contributed by atoms with Crippen LogP contribution in [0.5, 0.6) is 5.75 Å². The number of halogens is 1. The molecule has 1 heterocycles. The van der Waals surface area contributed by atoms with E-state index in [0.29, 0.717) is 6.54 Å². The molecule has 1 aliphatic heterocycles. The number of benzene rings is 1. The molecule has 1 unspecified atom stereocenters. The molecule has 0 aliphatic carbocycles. The molecular formula is C12H16ClNO. The Kier molecular flexibility index (Phi) is 2.89. The van der Waals surface area contributed by atoms with Crippen LogP contribution in [0.1, 0.15) is 25.3 Å². The molecule has 3 heteroatoms. The van der Waals surface area contributed by atoms with Crippen LogP contribution in [-0.2, 0) is 5.41 Å². The van der Waals surface area contributed by atoms with E-state index in [4.69, 9.17) is 22.1 Å². The average molecular weight is 226 g/mol. The first-order valence-corrected chi connectivity index (χ1v) is 5.66. The Morgan fingerprint density at radius 1 is 1.53 bits per heavy atom. The Morgan fingerprint density at radius 2 is 2.33 bits per heavy atom. The van der Waals surface area contributed by atoms with Crippen LogP contribution in [0.15, 0.2) is 18.2 Å². The molecule has 1 aromatic carbocycles. The third-order valence-corrected chi connectivity index (χ3v) is 3.41. The van der Waals surface area contributed by atoms with E-state index in [1.165, 1.54) is 0 Å². The van der Waals surface area contributed by atoms with Crippen LogP contribution >= 0.6 is 11.6 Å². The molecule has 0 radical (unpaired) electrons. The molecule has 2 nitrogen and oxygen atoms in total. The number of fused-ring (bicyclic) bond motifs is 1. The predicted molar refractivity (Wildman–Crippen MR) is 62.6 cm³/mol. The van der Waals surface area contributed by atoms with Gasteiger partial charge in [0.1, 0.15) is 5.75 Å². The third-order valence-electron chi connectivity index (χ3n) is 3.17. The number of ether oxygens (including phenoxy) is 1. The highest BCUT2D eigenvalue weighted by Gasteiger charge is 2.30. The molecule has 2 N–H and O–H groups in total. The summed E-state index contributed by atoms with van der Waals surface area (Å²) in [5, 5.41) is 0.749. The summed E-state index contributed by atoms with van der Waals surface area (Å²) in [6.07, 6.45) is 2.09. The Labute approximate surface area is 95.4 Å². The molecule has 15 heavy (non-hydrogen) atoms. The summed E-state index contributed by atoms with van der Waals surface area (Å²) >= 11 is 6.02. The monoisotopic (exact) mass is 225 g/mol. The zero-order valence-electron chi connectivity index (χ0n) is 8.92. The van der Waals surface area contributed by atoms with Crippen molar-refractivity contribution in [2.45, 2.75) is 25.2 Å². The van der Waals surface area contributed by atoms with Gasteiger partial charge in [-0.25, -0.2) is 0 Å². The summed E-state index contributed by atoms with van der Waals surface area (Å²) in [4.78, 5) is 0. The van der Waals surface area contributed by atoms with Crippen molar-refractivity contribution >= 4 is 11.6 Å². The Balaban J connectivity index is 2.52. The average Bonchev–Trinajstić information content (AvgIpc) is 2.40. The second-order valence-corrected chi connectivity index (χ2v) is 4.79. The summed E-state index contributed by atoms with van der Waals surface area (Å²) in [6.45, 7) is 3.57. The fourth-order valence-electron chi connectivity index (χ4n) is 2.09. The minimum atomic E-state index is -0.00324. The first-order chi connectivity index (χ1) is 7.15. The van der Waals surface area contributed by atoms with Gasteiger partial charge in [-0.2, -0.15) is 0 Å². The third kappa shape index (κ3) is 1.97. The van der Waals surface area contributed by atoms with Gasteiger partial charge >= 0.3 is 0 Å². The van der Waals surface area contributed by atoms with Crippen molar-refractivity contribution < 1.29 is 4.74 Å². The smallest absolute Gasteiger partial charge is 0.123 e. The van der Waals surface area contributed by atoms with Crippen molar-refractivity contribution in [2.75, 3.05) is 13.2 Å². The van der Waals surface area contributed by atoms with Gasteiger partial charge in [-0.05, 0) is 31.0 Å². The van der Waals surface area contributed by atoms with Gasteiger partial charge in [0.15, 0.2) is 0 Å². The predicted octanol–water partition coefficient (Wildman–Crippen LogP) is 2.73. The van der Waals surface area contributed by atoms with E-state index in [-0.39, 0.29) is 5.41 Å². The van der Waals surface area contributed by atoms with Crippen LogP contribution in [0.2, 0.25) is 5.02 Å². The molecule has 0 spiro atoms. The molecule has 82 valence electrons. The lowest BCUT2D eigenvalue weighted by Crippen LogP contribution is -2.31. The van der Waals surface area contributed by atoms with E-state index in [0.717, 1.165) is 35.8 Å². The van der Waals surface area contributed by atoms with E-state index in [2.05, 4.69) is 6.92 Å². The topological polar surface area (TPSA) is 35.2 Å². The molecule has 0 fully saturated rings. The highest BCUT2D eigenvalue weighted by molar-refractivity contribution is 6.30. The quantitative estimate of drug-likeness (QED) is 0.798. The van der Waals surface area contributed by atoms with Crippen LogP contribution in [-0.4, -0.2) is 13.2 Å². The van der Waals surface area contributed by atoms with Crippen LogP contribution < -0.4 is 10.5 Å². The molecule has 0 amide bonds. The molecule has 0 bridgehead atoms. The number of nitrogens with two attached hydrogens (primary N) is 1. The first-order valence-electron chi connectivity index (χ1n) is 5.29. The van der Waals surface area contributed by atoms with Crippen molar-refractivity contribution in [1.29, 1.82) is 0 Å². The van der Waals surface area contributed by atoms with E-state index in [1.54, 1.807) is 0 Å². The van der Waals surface area contributed by atoms with Crippen LogP contribution in [0, 0.1) is 0 Å². The Hall–Kier alpha value is -0.730. The van der Waals surface area contributed by atoms with Gasteiger partial charge in [0.2, 0.25) is 0 Å². The molecular weight excluding hydrogens is 210 g/mol. The maximum absolute atomic E-state index is 6.02. The zero-order valence-corrected chi connectivity index (χ0v) is 9.68.